The summed E-state index contributed by atoms with van der Waals surface area (Å²) in [4.78, 5) is 16.7. The molecular formula is C25H23ClN2O2. The van der Waals surface area contributed by atoms with Crippen molar-refractivity contribution < 1.29 is 9.53 Å². The molecule has 0 aliphatic rings. The van der Waals surface area contributed by atoms with Gasteiger partial charge in [0.2, 0.25) is 0 Å². The molecule has 0 amide bonds. The minimum Gasteiger partial charge on any atom is -0.497 e. The Balaban J connectivity index is 1.56. The number of Topliss-reactive ketones (excluding diaryl/α,β-unsaturated/α-hetero) is 1. The third kappa shape index (κ3) is 4.25. The maximum absolute atomic E-state index is 13.5. The Morgan fingerprint density at radius 2 is 1.80 bits per heavy atom. The number of aromatic nitrogens is 1. The standard InChI is InChI=1S/C25H23ClN2O2/c1-30-19-12-10-17(11-13-19)14-15-27-23(18-6-3-2-4-7-18)25(29)21-16-28-24-20(21)8-5-9-22(24)26/h2-13,16,23,27-28H,14-15H2,1H3. The molecule has 0 saturated heterocycles. The lowest BCUT2D eigenvalue weighted by Gasteiger charge is -2.18. The third-order valence-electron chi connectivity index (χ3n) is 5.25. The Morgan fingerprint density at radius 1 is 1.03 bits per heavy atom. The molecule has 1 unspecified atom stereocenters. The van der Waals surface area contributed by atoms with E-state index in [4.69, 9.17) is 16.3 Å². The first-order valence-electron chi connectivity index (χ1n) is 9.88. The smallest absolute Gasteiger partial charge is 0.186 e. The quantitative estimate of drug-likeness (QED) is 0.367. The highest BCUT2D eigenvalue weighted by molar-refractivity contribution is 6.35. The van der Waals surface area contributed by atoms with Crippen molar-refractivity contribution in [2.75, 3.05) is 13.7 Å². The fraction of sp³-hybridized carbons (Fsp3) is 0.160. The highest BCUT2D eigenvalue weighted by Gasteiger charge is 2.24. The molecule has 4 nitrogen and oxygen atoms in total. The van der Waals surface area contributed by atoms with Gasteiger partial charge in [-0.25, -0.2) is 0 Å². The SMILES string of the molecule is COc1ccc(CCNC(C(=O)c2c[nH]c3c(Cl)cccc23)c2ccccc2)cc1. The molecule has 0 aliphatic carbocycles. The van der Waals surface area contributed by atoms with Gasteiger partial charge in [-0.3, -0.25) is 4.79 Å². The molecule has 0 fully saturated rings. The molecule has 4 rings (SSSR count). The van der Waals surface area contributed by atoms with E-state index in [0.717, 1.165) is 28.6 Å². The average Bonchev–Trinajstić information content (AvgIpc) is 3.23. The second-order valence-corrected chi connectivity index (χ2v) is 7.53. The molecule has 1 heterocycles. The van der Waals surface area contributed by atoms with Gasteiger partial charge in [0.25, 0.3) is 0 Å². The van der Waals surface area contributed by atoms with Gasteiger partial charge in [-0.2, -0.15) is 0 Å². The normalized spacial score (nSPS) is 12.1. The summed E-state index contributed by atoms with van der Waals surface area (Å²) in [5, 5.41) is 4.90. The van der Waals surface area contributed by atoms with E-state index in [1.54, 1.807) is 13.3 Å². The van der Waals surface area contributed by atoms with Crippen molar-refractivity contribution in [3.8, 4) is 5.75 Å². The maximum atomic E-state index is 13.5. The number of aromatic amines is 1. The van der Waals surface area contributed by atoms with Crippen LogP contribution in [0.3, 0.4) is 0 Å². The monoisotopic (exact) mass is 418 g/mol. The van der Waals surface area contributed by atoms with Gasteiger partial charge in [-0.15, -0.1) is 0 Å². The zero-order valence-electron chi connectivity index (χ0n) is 16.7. The predicted molar refractivity (Wildman–Crippen MR) is 122 cm³/mol. The first-order chi connectivity index (χ1) is 14.7. The van der Waals surface area contributed by atoms with Crippen LogP contribution in [-0.2, 0) is 6.42 Å². The van der Waals surface area contributed by atoms with Crippen LogP contribution < -0.4 is 10.1 Å². The molecule has 0 aliphatic heterocycles. The molecular weight excluding hydrogens is 396 g/mol. The molecule has 5 heteroatoms. The highest BCUT2D eigenvalue weighted by Crippen LogP contribution is 2.28. The van der Waals surface area contributed by atoms with Gasteiger partial charge in [-0.05, 0) is 35.7 Å². The minimum absolute atomic E-state index is 0.0180. The summed E-state index contributed by atoms with van der Waals surface area (Å²) in [6.45, 7) is 0.667. The van der Waals surface area contributed by atoms with Gasteiger partial charge in [0, 0.05) is 23.7 Å². The van der Waals surface area contributed by atoms with E-state index < -0.39 is 6.04 Å². The van der Waals surface area contributed by atoms with Gasteiger partial charge in [0.15, 0.2) is 5.78 Å². The van der Waals surface area contributed by atoms with Crippen molar-refractivity contribution in [2.24, 2.45) is 0 Å². The van der Waals surface area contributed by atoms with Crippen molar-refractivity contribution >= 4 is 28.3 Å². The van der Waals surface area contributed by atoms with Crippen molar-refractivity contribution in [1.29, 1.82) is 0 Å². The first kappa shape index (κ1) is 20.2. The predicted octanol–water partition coefficient (Wildman–Crippen LogP) is 5.59. The number of hydrogen-bond donors (Lipinski definition) is 2. The van der Waals surface area contributed by atoms with Gasteiger partial charge in [0.05, 0.1) is 23.7 Å². The number of carbonyl (C=O) groups excluding carboxylic acids is 1. The number of ether oxygens (including phenoxy) is 1. The summed E-state index contributed by atoms with van der Waals surface area (Å²) >= 11 is 6.28. The molecule has 0 saturated carbocycles. The summed E-state index contributed by atoms with van der Waals surface area (Å²) < 4.78 is 5.21. The Morgan fingerprint density at radius 3 is 2.53 bits per heavy atom. The largest absolute Gasteiger partial charge is 0.497 e. The van der Waals surface area contributed by atoms with Crippen molar-refractivity contribution in [2.45, 2.75) is 12.5 Å². The van der Waals surface area contributed by atoms with Crippen molar-refractivity contribution in [3.63, 3.8) is 0 Å². The van der Waals surface area contributed by atoms with E-state index in [2.05, 4.69) is 10.3 Å². The summed E-state index contributed by atoms with van der Waals surface area (Å²) in [7, 11) is 1.66. The number of methoxy groups -OCH3 is 1. The number of hydrogen-bond acceptors (Lipinski definition) is 3. The Bertz CT molecular complexity index is 1140. The van der Waals surface area contributed by atoms with Crippen LogP contribution in [0.25, 0.3) is 10.9 Å². The van der Waals surface area contributed by atoms with E-state index in [1.807, 2.05) is 72.8 Å². The lowest BCUT2D eigenvalue weighted by atomic mass is 9.96. The van der Waals surface area contributed by atoms with Gasteiger partial charge < -0.3 is 15.0 Å². The van der Waals surface area contributed by atoms with E-state index in [0.29, 0.717) is 17.1 Å². The molecule has 0 radical (unpaired) electrons. The number of H-pyrrole nitrogens is 1. The fourth-order valence-corrected chi connectivity index (χ4v) is 3.87. The second-order valence-electron chi connectivity index (χ2n) is 7.12. The number of fused-ring (bicyclic) bond motifs is 1. The zero-order chi connectivity index (χ0) is 20.9. The Hall–Kier alpha value is -3.08. The van der Waals surface area contributed by atoms with Crippen LogP contribution in [0.1, 0.15) is 27.5 Å². The Labute approximate surface area is 180 Å². The third-order valence-corrected chi connectivity index (χ3v) is 5.56. The number of nitrogens with one attached hydrogen (secondary N) is 2. The highest BCUT2D eigenvalue weighted by atomic mass is 35.5. The summed E-state index contributed by atoms with van der Waals surface area (Å²) in [5.74, 6) is 0.853. The number of ketones is 1. The van der Waals surface area contributed by atoms with E-state index in [9.17, 15) is 4.79 Å². The Kier molecular flexibility index (Phi) is 6.17. The van der Waals surface area contributed by atoms with E-state index >= 15 is 0 Å². The number of benzene rings is 3. The minimum atomic E-state index is -0.442. The van der Waals surface area contributed by atoms with E-state index in [-0.39, 0.29) is 5.78 Å². The van der Waals surface area contributed by atoms with Gasteiger partial charge >= 0.3 is 0 Å². The zero-order valence-corrected chi connectivity index (χ0v) is 17.4. The van der Waals surface area contributed by atoms with Crippen molar-refractivity contribution in [1.82, 2.24) is 10.3 Å². The van der Waals surface area contributed by atoms with Crippen LogP contribution in [0.4, 0.5) is 0 Å². The molecule has 30 heavy (non-hydrogen) atoms. The van der Waals surface area contributed by atoms with Gasteiger partial charge in [-0.1, -0.05) is 66.2 Å². The lowest BCUT2D eigenvalue weighted by molar-refractivity contribution is 0.0945. The molecule has 3 aromatic carbocycles. The topological polar surface area (TPSA) is 54.1 Å². The van der Waals surface area contributed by atoms with Crippen LogP contribution in [0, 0.1) is 0 Å². The van der Waals surface area contributed by atoms with Crippen LogP contribution in [0.5, 0.6) is 5.75 Å². The molecule has 1 aromatic heterocycles. The number of carbonyl (C=O) groups is 1. The number of rotatable bonds is 8. The van der Waals surface area contributed by atoms with Crippen LogP contribution in [0.2, 0.25) is 5.02 Å². The molecule has 2 N–H and O–H groups in total. The molecule has 152 valence electrons. The van der Waals surface area contributed by atoms with E-state index in [1.165, 1.54) is 5.56 Å². The van der Waals surface area contributed by atoms with Crippen LogP contribution in [0.15, 0.2) is 79.0 Å². The maximum Gasteiger partial charge on any atom is 0.186 e. The summed E-state index contributed by atoms with van der Waals surface area (Å²) in [5.41, 5.74) is 3.54. The summed E-state index contributed by atoms with van der Waals surface area (Å²) in [6, 6.07) is 23.0. The molecule has 0 bridgehead atoms. The molecule has 0 spiro atoms. The van der Waals surface area contributed by atoms with Crippen molar-refractivity contribution in [3.05, 3.63) is 101 Å². The van der Waals surface area contributed by atoms with Crippen LogP contribution >= 0.6 is 11.6 Å². The number of para-hydroxylation sites is 1. The second kappa shape index (κ2) is 9.16. The lowest BCUT2D eigenvalue weighted by Crippen LogP contribution is -2.30. The van der Waals surface area contributed by atoms with Gasteiger partial charge in [0.1, 0.15) is 5.75 Å². The first-order valence-corrected chi connectivity index (χ1v) is 10.3. The van der Waals surface area contributed by atoms with Crippen LogP contribution in [-0.4, -0.2) is 24.4 Å². The average molecular weight is 419 g/mol. The fourth-order valence-electron chi connectivity index (χ4n) is 3.64. The molecule has 4 aromatic rings. The summed E-state index contributed by atoms with van der Waals surface area (Å²) in [6.07, 6.45) is 2.56. The molecule has 1 atom stereocenters. The number of halogens is 1.